The molecule has 0 radical (unpaired) electrons. The molecule has 4 heteroatoms. The Labute approximate surface area is 76.6 Å². The van der Waals surface area contributed by atoms with Gasteiger partial charge >= 0.3 is 0 Å². The third-order valence-corrected chi connectivity index (χ3v) is 2.31. The Balaban J connectivity index is 2.09. The van der Waals surface area contributed by atoms with Crippen LogP contribution in [0.2, 0.25) is 0 Å². The molecule has 0 saturated heterocycles. The highest BCUT2D eigenvalue weighted by atomic mass is 16.1. The van der Waals surface area contributed by atoms with Crippen LogP contribution in [0.1, 0.15) is 12.8 Å². The van der Waals surface area contributed by atoms with E-state index in [-0.39, 0.29) is 5.56 Å². The Morgan fingerprint density at radius 3 is 3.15 bits per heavy atom. The second-order valence-corrected chi connectivity index (χ2v) is 3.49. The van der Waals surface area contributed by atoms with Crippen molar-refractivity contribution in [2.45, 2.75) is 12.8 Å². The molecule has 0 amide bonds. The van der Waals surface area contributed by atoms with E-state index in [0.717, 1.165) is 12.5 Å². The molecule has 1 aliphatic carbocycles. The summed E-state index contributed by atoms with van der Waals surface area (Å²) in [5.74, 6) is 1.46. The van der Waals surface area contributed by atoms with Gasteiger partial charge in [0.15, 0.2) is 0 Å². The van der Waals surface area contributed by atoms with Crippen LogP contribution in [-0.2, 0) is 7.05 Å². The van der Waals surface area contributed by atoms with Crippen molar-refractivity contribution in [3.8, 4) is 0 Å². The van der Waals surface area contributed by atoms with E-state index in [9.17, 15) is 4.79 Å². The van der Waals surface area contributed by atoms with E-state index in [0.29, 0.717) is 5.95 Å². The summed E-state index contributed by atoms with van der Waals surface area (Å²) in [6.45, 7) is 0.935. The van der Waals surface area contributed by atoms with Crippen LogP contribution in [0, 0.1) is 5.92 Å². The summed E-state index contributed by atoms with van der Waals surface area (Å²) in [5.41, 5.74) is -0.0201. The van der Waals surface area contributed by atoms with Gasteiger partial charge in [-0.15, -0.1) is 0 Å². The normalized spacial score (nSPS) is 15.8. The lowest BCUT2D eigenvalue weighted by Crippen LogP contribution is -2.21. The van der Waals surface area contributed by atoms with Crippen LogP contribution >= 0.6 is 0 Å². The molecular formula is C9H13N3O. The number of nitrogens with zero attached hydrogens (tertiary/aromatic N) is 2. The van der Waals surface area contributed by atoms with E-state index < -0.39 is 0 Å². The zero-order valence-electron chi connectivity index (χ0n) is 7.66. The highest BCUT2D eigenvalue weighted by Crippen LogP contribution is 2.28. The monoisotopic (exact) mass is 179 g/mol. The summed E-state index contributed by atoms with van der Waals surface area (Å²) >= 11 is 0. The molecule has 0 aliphatic heterocycles. The van der Waals surface area contributed by atoms with Crippen LogP contribution in [0.15, 0.2) is 17.1 Å². The lowest BCUT2D eigenvalue weighted by atomic mass is 10.4. The van der Waals surface area contributed by atoms with Gasteiger partial charge in [-0.2, -0.15) is 0 Å². The molecule has 0 bridgehead atoms. The van der Waals surface area contributed by atoms with Crippen LogP contribution in [-0.4, -0.2) is 16.1 Å². The number of nitrogens with one attached hydrogen (secondary N) is 1. The van der Waals surface area contributed by atoms with E-state index in [1.165, 1.54) is 29.7 Å². The Bertz CT molecular complexity index is 354. The van der Waals surface area contributed by atoms with Crippen molar-refractivity contribution < 1.29 is 0 Å². The zero-order valence-corrected chi connectivity index (χ0v) is 7.66. The van der Waals surface area contributed by atoms with E-state index in [4.69, 9.17) is 0 Å². The quantitative estimate of drug-likeness (QED) is 0.739. The molecule has 1 fully saturated rings. The topological polar surface area (TPSA) is 46.9 Å². The maximum Gasteiger partial charge on any atom is 0.254 e. The second-order valence-electron chi connectivity index (χ2n) is 3.49. The van der Waals surface area contributed by atoms with Gasteiger partial charge in [-0.05, 0) is 18.8 Å². The first-order chi connectivity index (χ1) is 6.27. The van der Waals surface area contributed by atoms with Gasteiger partial charge in [0.05, 0.1) is 0 Å². The van der Waals surface area contributed by atoms with E-state index in [2.05, 4.69) is 10.3 Å². The number of hydrogen-bond donors (Lipinski definition) is 1. The van der Waals surface area contributed by atoms with Crippen LogP contribution in [0.25, 0.3) is 0 Å². The van der Waals surface area contributed by atoms with Gasteiger partial charge in [-0.25, -0.2) is 4.98 Å². The molecule has 1 aromatic rings. The predicted molar refractivity (Wildman–Crippen MR) is 50.7 cm³/mol. The molecule has 1 saturated carbocycles. The van der Waals surface area contributed by atoms with Crippen LogP contribution in [0.3, 0.4) is 0 Å². The van der Waals surface area contributed by atoms with Gasteiger partial charge in [-0.3, -0.25) is 9.36 Å². The summed E-state index contributed by atoms with van der Waals surface area (Å²) in [4.78, 5) is 15.3. The number of aromatic nitrogens is 2. The van der Waals surface area contributed by atoms with Crippen molar-refractivity contribution in [3.63, 3.8) is 0 Å². The molecule has 2 rings (SSSR count). The minimum absolute atomic E-state index is 0.0201. The van der Waals surface area contributed by atoms with Crippen LogP contribution < -0.4 is 10.9 Å². The molecule has 13 heavy (non-hydrogen) atoms. The minimum atomic E-state index is -0.0201. The third-order valence-electron chi connectivity index (χ3n) is 2.31. The summed E-state index contributed by atoms with van der Waals surface area (Å²) < 4.78 is 1.53. The maximum atomic E-state index is 11.2. The zero-order chi connectivity index (χ0) is 9.26. The van der Waals surface area contributed by atoms with Gasteiger partial charge in [-0.1, -0.05) is 0 Å². The van der Waals surface area contributed by atoms with Gasteiger partial charge in [0.25, 0.3) is 5.56 Å². The molecule has 0 unspecified atom stereocenters. The van der Waals surface area contributed by atoms with Crippen molar-refractivity contribution in [1.82, 2.24) is 9.55 Å². The standard InChI is InChI=1S/C9H13N3O/c1-12-8(13)4-5-10-9(12)11-6-7-2-3-7/h4-5,7H,2-3,6H2,1H3,(H,10,11). The first kappa shape index (κ1) is 8.29. The summed E-state index contributed by atoms with van der Waals surface area (Å²) in [6, 6.07) is 1.46. The maximum absolute atomic E-state index is 11.2. The molecule has 70 valence electrons. The Morgan fingerprint density at radius 2 is 2.46 bits per heavy atom. The molecule has 1 N–H and O–H groups in total. The summed E-state index contributed by atoms with van der Waals surface area (Å²) in [5, 5.41) is 3.17. The molecule has 4 nitrogen and oxygen atoms in total. The molecule has 1 heterocycles. The predicted octanol–water partition coefficient (Wildman–Crippen LogP) is 0.602. The molecule has 1 aromatic heterocycles. The van der Waals surface area contributed by atoms with Gasteiger partial charge in [0.1, 0.15) is 0 Å². The lowest BCUT2D eigenvalue weighted by Gasteiger charge is -2.07. The van der Waals surface area contributed by atoms with Crippen LogP contribution in [0.5, 0.6) is 0 Å². The average molecular weight is 179 g/mol. The highest BCUT2D eigenvalue weighted by molar-refractivity contribution is 5.24. The lowest BCUT2D eigenvalue weighted by molar-refractivity contribution is 0.796. The van der Waals surface area contributed by atoms with E-state index in [1.54, 1.807) is 7.05 Å². The Morgan fingerprint density at radius 1 is 1.69 bits per heavy atom. The summed E-state index contributed by atoms with van der Waals surface area (Å²) in [7, 11) is 1.73. The number of rotatable bonds is 3. The van der Waals surface area contributed by atoms with Crippen molar-refractivity contribution >= 4 is 5.95 Å². The molecular weight excluding hydrogens is 166 g/mol. The molecule has 0 aromatic carbocycles. The fraction of sp³-hybridized carbons (Fsp3) is 0.556. The van der Waals surface area contributed by atoms with Crippen LogP contribution in [0.4, 0.5) is 5.95 Å². The fourth-order valence-electron chi connectivity index (χ4n) is 1.20. The van der Waals surface area contributed by atoms with E-state index in [1.807, 2.05) is 0 Å². The van der Waals surface area contributed by atoms with Crippen molar-refractivity contribution in [2.24, 2.45) is 13.0 Å². The average Bonchev–Trinajstić information content (AvgIpc) is 2.91. The molecule has 0 spiro atoms. The molecule has 1 aliphatic rings. The van der Waals surface area contributed by atoms with Gasteiger partial charge in [0.2, 0.25) is 5.95 Å². The fourth-order valence-corrected chi connectivity index (χ4v) is 1.20. The molecule has 0 atom stereocenters. The van der Waals surface area contributed by atoms with Crippen molar-refractivity contribution in [3.05, 3.63) is 22.6 Å². The highest BCUT2D eigenvalue weighted by Gasteiger charge is 2.20. The Kier molecular flexibility index (Phi) is 2.04. The van der Waals surface area contributed by atoms with Gasteiger partial charge < -0.3 is 5.32 Å². The smallest absolute Gasteiger partial charge is 0.254 e. The number of hydrogen-bond acceptors (Lipinski definition) is 3. The number of anilines is 1. The second kappa shape index (κ2) is 3.20. The summed E-state index contributed by atoms with van der Waals surface area (Å²) in [6.07, 6.45) is 4.14. The third kappa shape index (κ3) is 1.88. The minimum Gasteiger partial charge on any atom is -0.355 e. The largest absolute Gasteiger partial charge is 0.355 e. The van der Waals surface area contributed by atoms with E-state index >= 15 is 0 Å². The van der Waals surface area contributed by atoms with Gasteiger partial charge in [0, 0.05) is 25.9 Å². The first-order valence-corrected chi connectivity index (χ1v) is 4.53. The van der Waals surface area contributed by atoms with Crippen molar-refractivity contribution in [1.29, 1.82) is 0 Å². The first-order valence-electron chi connectivity index (χ1n) is 4.53. The SMILES string of the molecule is Cn1c(NCC2CC2)nccc1=O. The Hall–Kier alpha value is -1.32. The van der Waals surface area contributed by atoms with Crippen molar-refractivity contribution in [2.75, 3.05) is 11.9 Å².